The van der Waals surface area contributed by atoms with E-state index in [9.17, 15) is 4.39 Å². The summed E-state index contributed by atoms with van der Waals surface area (Å²) in [7, 11) is 0. The van der Waals surface area contributed by atoms with Crippen LogP contribution in [0.3, 0.4) is 0 Å². The summed E-state index contributed by atoms with van der Waals surface area (Å²) in [5, 5.41) is 11.2. The molecule has 2 unspecified atom stereocenters. The number of aromatic amines is 1. The van der Waals surface area contributed by atoms with Gasteiger partial charge in [-0.1, -0.05) is 18.2 Å². The van der Waals surface area contributed by atoms with Crippen LogP contribution in [0.1, 0.15) is 79.3 Å². The summed E-state index contributed by atoms with van der Waals surface area (Å²) in [4.78, 5) is 0. The molecule has 1 aromatic heterocycles. The second-order valence-electron chi connectivity index (χ2n) is 9.76. The number of rotatable bonds is 6. The van der Waals surface area contributed by atoms with Gasteiger partial charge in [0.25, 0.3) is 0 Å². The number of benzene rings is 2. The molecule has 2 aliphatic rings. The molecule has 5 nitrogen and oxygen atoms in total. The van der Waals surface area contributed by atoms with Crippen LogP contribution in [0.2, 0.25) is 0 Å². The maximum Gasteiger partial charge on any atom is 0.130 e. The zero-order valence-electron chi connectivity index (χ0n) is 20.2. The molecule has 1 aliphatic heterocycles. The molecule has 2 aromatic carbocycles. The monoisotopic (exact) mass is 463 g/mol. The summed E-state index contributed by atoms with van der Waals surface area (Å²) in [5.41, 5.74) is 5.27. The van der Waals surface area contributed by atoms with Crippen molar-refractivity contribution in [3.8, 4) is 11.5 Å². The lowest BCUT2D eigenvalue weighted by atomic mass is 9.91. The van der Waals surface area contributed by atoms with Crippen LogP contribution >= 0.6 is 0 Å². The molecule has 34 heavy (non-hydrogen) atoms. The molecule has 2 atom stereocenters. The summed E-state index contributed by atoms with van der Waals surface area (Å²) in [5.74, 6) is 1.53. The number of halogens is 1. The first-order valence-electron chi connectivity index (χ1n) is 12.5. The molecule has 1 aliphatic carbocycles. The number of aryl methyl sites for hydroxylation is 3. The highest BCUT2D eigenvalue weighted by Crippen LogP contribution is 2.38. The number of nitrogens with one attached hydrogen (secondary N) is 2. The second-order valence-corrected chi connectivity index (χ2v) is 9.76. The number of ether oxygens (including phenoxy) is 2. The van der Waals surface area contributed by atoms with E-state index in [1.807, 2.05) is 24.3 Å². The van der Waals surface area contributed by atoms with E-state index in [0.717, 1.165) is 67.0 Å². The predicted octanol–water partition coefficient (Wildman–Crippen LogP) is 6.27. The van der Waals surface area contributed by atoms with Gasteiger partial charge in [0.2, 0.25) is 0 Å². The number of hydrogen-bond acceptors (Lipinski definition) is 4. The van der Waals surface area contributed by atoms with E-state index < -0.39 is 0 Å². The fraction of sp³-hybridized carbons (Fsp3) is 0.464. The van der Waals surface area contributed by atoms with Crippen LogP contribution in [0.25, 0.3) is 0 Å². The first-order valence-corrected chi connectivity index (χ1v) is 12.5. The number of H-pyrrole nitrogens is 1. The van der Waals surface area contributed by atoms with Gasteiger partial charge in [-0.2, -0.15) is 5.10 Å². The molecule has 0 spiro atoms. The van der Waals surface area contributed by atoms with Crippen molar-refractivity contribution in [3.63, 3.8) is 0 Å². The van der Waals surface area contributed by atoms with Gasteiger partial charge in [-0.3, -0.25) is 5.10 Å². The maximum atomic E-state index is 14.2. The van der Waals surface area contributed by atoms with E-state index in [4.69, 9.17) is 9.47 Å². The van der Waals surface area contributed by atoms with Crippen molar-refractivity contribution in [1.82, 2.24) is 15.5 Å². The van der Waals surface area contributed by atoms with E-state index in [0.29, 0.717) is 11.6 Å². The van der Waals surface area contributed by atoms with Gasteiger partial charge in [-0.25, -0.2) is 4.39 Å². The van der Waals surface area contributed by atoms with Gasteiger partial charge in [0.15, 0.2) is 0 Å². The van der Waals surface area contributed by atoms with Crippen molar-refractivity contribution in [2.24, 2.45) is 0 Å². The number of fused-ring (bicyclic) bond motifs is 1. The van der Waals surface area contributed by atoms with Gasteiger partial charge in [-0.15, -0.1) is 0 Å². The van der Waals surface area contributed by atoms with Crippen molar-refractivity contribution in [3.05, 3.63) is 76.4 Å². The van der Waals surface area contributed by atoms with Crippen molar-refractivity contribution in [1.29, 1.82) is 0 Å². The van der Waals surface area contributed by atoms with Crippen LogP contribution in [0.5, 0.6) is 11.5 Å². The molecular formula is C28H34FN3O2. The van der Waals surface area contributed by atoms with Crippen LogP contribution in [0.15, 0.2) is 42.5 Å². The zero-order chi connectivity index (χ0) is 23.7. The standard InChI is InChI=1S/C28H34FN3O2/c1-17(28-18(2)31-32-19(28)3)30-21-9-11-22(12-10-21)33-23-13-15-26-20(16-23)8-14-27(34-26)24-6-4-5-7-25(24)29/h4-7,13,15-17,21-22,27,30H,8-12,14H2,1-3H3,(H,31,32). The van der Waals surface area contributed by atoms with Crippen LogP contribution in [0, 0.1) is 19.7 Å². The number of aromatic nitrogens is 2. The molecule has 0 amide bonds. The molecule has 3 aromatic rings. The highest BCUT2D eigenvalue weighted by Gasteiger charge is 2.27. The quantitative estimate of drug-likeness (QED) is 0.452. The lowest BCUT2D eigenvalue weighted by molar-refractivity contribution is 0.135. The summed E-state index contributed by atoms with van der Waals surface area (Å²) >= 11 is 0. The second kappa shape index (κ2) is 9.79. The first-order chi connectivity index (χ1) is 16.5. The van der Waals surface area contributed by atoms with E-state index in [2.05, 4.69) is 42.4 Å². The average molecular weight is 464 g/mol. The fourth-order valence-electron chi connectivity index (χ4n) is 5.57. The zero-order valence-corrected chi connectivity index (χ0v) is 20.2. The third-order valence-corrected chi connectivity index (χ3v) is 7.31. The molecule has 6 heteroatoms. The summed E-state index contributed by atoms with van der Waals surface area (Å²) in [6, 6.07) is 13.7. The van der Waals surface area contributed by atoms with Gasteiger partial charge in [0.05, 0.1) is 11.8 Å². The molecular weight excluding hydrogens is 429 g/mol. The summed E-state index contributed by atoms with van der Waals surface area (Å²) in [6.45, 7) is 6.37. The van der Waals surface area contributed by atoms with Gasteiger partial charge in [-0.05, 0) is 89.1 Å². The molecule has 180 valence electrons. The Hall–Kier alpha value is -2.86. The highest BCUT2D eigenvalue weighted by molar-refractivity contribution is 5.42. The number of hydrogen-bond donors (Lipinski definition) is 2. The normalized spacial score (nSPS) is 23.1. The van der Waals surface area contributed by atoms with Crippen molar-refractivity contribution >= 4 is 0 Å². The minimum absolute atomic E-state index is 0.203. The van der Waals surface area contributed by atoms with E-state index in [1.54, 1.807) is 6.07 Å². The van der Waals surface area contributed by atoms with Crippen LogP contribution in [-0.2, 0) is 6.42 Å². The van der Waals surface area contributed by atoms with Crippen molar-refractivity contribution in [2.75, 3.05) is 0 Å². The smallest absolute Gasteiger partial charge is 0.130 e. The van der Waals surface area contributed by atoms with E-state index in [1.165, 1.54) is 11.6 Å². The maximum absolute atomic E-state index is 14.2. The molecule has 2 heterocycles. The Morgan fingerprint density at radius 1 is 1.09 bits per heavy atom. The van der Waals surface area contributed by atoms with Gasteiger partial charge >= 0.3 is 0 Å². The average Bonchev–Trinajstić information content (AvgIpc) is 3.18. The Labute approximate surface area is 201 Å². The lowest BCUT2D eigenvalue weighted by Gasteiger charge is -2.32. The van der Waals surface area contributed by atoms with E-state index in [-0.39, 0.29) is 24.1 Å². The Kier molecular flexibility index (Phi) is 6.59. The SMILES string of the molecule is Cc1n[nH]c(C)c1C(C)NC1CCC(Oc2ccc3c(c2)CCC(c2ccccc2F)O3)CC1. The Balaban J connectivity index is 1.14. The Bertz CT molecular complexity index is 1120. The minimum atomic E-state index is -0.236. The molecule has 0 saturated heterocycles. The Morgan fingerprint density at radius 2 is 1.88 bits per heavy atom. The highest BCUT2D eigenvalue weighted by atomic mass is 19.1. The third-order valence-electron chi connectivity index (χ3n) is 7.31. The molecule has 5 rings (SSSR count). The summed E-state index contributed by atoms with van der Waals surface area (Å²) in [6.07, 6.45) is 5.90. The van der Waals surface area contributed by atoms with Crippen molar-refractivity contribution in [2.45, 2.75) is 83.6 Å². The summed E-state index contributed by atoms with van der Waals surface area (Å²) < 4.78 is 26.7. The molecule has 2 N–H and O–H groups in total. The number of nitrogens with zero attached hydrogens (tertiary/aromatic N) is 1. The molecule has 1 saturated carbocycles. The third kappa shape index (κ3) is 4.83. The van der Waals surface area contributed by atoms with Crippen molar-refractivity contribution < 1.29 is 13.9 Å². The van der Waals surface area contributed by atoms with Gasteiger partial charge in [0.1, 0.15) is 23.4 Å². The lowest BCUT2D eigenvalue weighted by Crippen LogP contribution is -2.37. The Morgan fingerprint density at radius 3 is 2.62 bits per heavy atom. The van der Waals surface area contributed by atoms with Gasteiger partial charge in [0, 0.05) is 28.9 Å². The fourth-order valence-corrected chi connectivity index (χ4v) is 5.57. The topological polar surface area (TPSA) is 59.2 Å². The predicted molar refractivity (Wildman–Crippen MR) is 131 cm³/mol. The van der Waals surface area contributed by atoms with E-state index >= 15 is 0 Å². The molecule has 0 radical (unpaired) electrons. The largest absolute Gasteiger partial charge is 0.490 e. The minimum Gasteiger partial charge on any atom is -0.490 e. The van der Waals surface area contributed by atoms with Crippen LogP contribution in [-0.4, -0.2) is 22.3 Å². The van der Waals surface area contributed by atoms with Crippen LogP contribution < -0.4 is 14.8 Å². The van der Waals surface area contributed by atoms with Gasteiger partial charge < -0.3 is 14.8 Å². The molecule has 1 fully saturated rings. The molecule has 0 bridgehead atoms. The first kappa shape index (κ1) is 22.9. The van der Waals surface area contributed by atoms with Crippen LogP contribution in [0.4, 0.5) is 4.39 Å².